The van der Waals surface area contributed by atoms with Crippen LogP contribution in [0.15, 0.2) is 18.2 Å². The third kappa shape index (κ3) is 2.19. The summed E-state index contributed by atoms with van der Waals surface area (Å²) in [5.74, 6) is 0.683. The van der Waals surface area contributed by atoms with Gasteiger partial charge in [-0.1, -0.05) is 18.6 Å². The van der Waals surface area contributed by atoms with Crippen molar-refractivity contribution in [3.05, 3.63) is 29.3 Å². The van der Waals surface area contributed by atoms with Crippen molar-refractivity contribution in [2.45, 2.75) is 50.5 Å². The van der Waals surface area contributed by atoms with Gasteiger partial charge < -0.3 is 11.1 Å². The molecule has 0 aliphatic heterocycles. The van der Waals surface area contributed by atoms with Crippen molar-refractivity contribution in [1.29, 1.82) is 0 Å². The van der Waals surface area contributed by atoms with Gasteiger partial charge in [-0.2, -0.15) is 0 Å². The van der Waals surface area contributed by atoms with Crippen molar-refractivity contribution in [2.24, 2.45) is 0 Å². The fraction of sp³-hybridized carbons (Fsp3) is 0.600. The predicted molar refractivity (Wildman–Crippen MR) is 72.2 cm³/mol. The van der Waals surface area contributed by atoms with E-state index in [0.717, 1.165) is 18.3 Å². The average molecular weight is 230 g/mol. The maximum atomic E-state index is 6.08. The molecule has 0 amide bonds. The fourth-order valence-electron chi connectivity index (χ4n) is 3.11. The minimum Gasteiger partial charge on any atom is -0.398 e. The van der Waals surface area contributed by atoms with Crippen molar-refractivity contribution in [3.63, 3.8) is 0 Å². The second kappa shape index (κ2) is 4.69. The van der Waals surface area contributed by atoms with Crippen LogP contribution in [0.4, 0.5) is 5.69 Å². The molecule has 0 radical (unpaired) electrons. The van der Waals surface area contributed by atoms with Gasteiger partial charge in [0.05, 0.1) is 0 Å². The number of hydrogen-bond acceptors (Lipinski definition) is 2. The number of anilines is 1. The number of fused-ring (bicyclic) bond motifs is 1. The van der Waals surface area contributed by atoms with E-state index >= 15 is 0 Å². The highest BCUT2D eigenvalue weighted by atomic mass is 14.9. The Balaban J connectivity index is 1.72. The van der Waals surface area contributed by atoms with Crippen molar-refractivity contribution in [3.8, 4) is 0 Å². The zero-order valence-electron chi connectivity index (χ0n) is 10.4. The zero-order chi connectivity index (χ0) is 11.7. The van der Waals surface area contributed by atoms with E-state index in [9.17, 15) is 0 Å². The first kappa shape index (κ1) is 11.1. The first-order valence-electron chi connectivity index (χ1n) is 6.95. The Morgan fingerprint density at radius 2 is 2.06 bits per heavy atom. The second-order valence-electron chi connectivity index (χ2n) is 5.54. The van der Waals surface area contributed by atoms with E-state index in [2.05, 4.69) is 17.4 Å². The maximum absolute atomic E-state index is 6.08. The Kier molecular flexibility index (Phi) is 3.06. The summed E-state index contributed by atoms with van der Waals surface area (Å²) in [6, 6.07) is 7.22. The lowest BCUT2D eigenvalue weighted by atomic mass is 9.81. The van der Waals surface area contributed by atoms with Crippen LogP contribution in [0.3, 0.4) is 0 Å². The molecule has 1 aromatic carbocycles. The minimum atomic E-state index is 0.683. The summed E-state index contributed by atoms with van der Waals surface area (Å²) >= 11 is 0. The van der Waals surface area contributed by atoms with E-state index in [1.165, 1.54) is 49.7 Å². The zero-order valence-corrected chi connectivity index (χ0v) is 10.4. The van der Waals surface area contributed by atoms with Gasteiger partial charge in [0.25, 0.3) is 0 Å². The number of nitrogen functional groups attached to an aromatic ring is 1. The molecule has 0 heterocycles. The summed E-state index contributed by atoms with van der Waals surface area (Å²) in [4.78, 5) is 0. The number of hydrogen-bond donors (Lipinski definition) is 2. The Morgan fingerprint density at radius 1 is 1.18 bits per heavy atom. The fourth-order valence-corrected chi connectivity index (χ4v) is 3.11. The number of nitrogens with one attached hydrogen (secondary N) is 1. The number of nitrogens with two attached hydrogens (primary N) is 1. The molecule has 2 aliphatic carbocycles. The first-order chi connectivity index (χ1) is 8.34. The summed E-state index contributed by atoms with van der Waals surface area (Å²) in [6.45, 7) is 1.14. The molecule has 0 bridgehead atoms. The predicted octanol–water partition coefficient (Wildman–Crippen LogP) is 2.83. The molecule has 1 atom stereocenters. The van der Waals surface area contributed by atoms with Crippen LogP contribution in [-0.2, 0) is 6.42 Å². The second-order valence-corrected chi connectivity index (χ2v) is 5.54. The molecule has 1 fully saturated rings. The standard InChI is InChI=1S/C15H22N2/c16-15-9-3-7-13-11(4-1-8-14(13)15)10-17-12-5-2-6-12/h3,7,9,11-12,17H,1-2,4-6,8,10,16H2. The van der Waals surface area contributed by atoms with E-state index < -0.39 is 0 Å². The highest BCUT2D eigenvalue weighted by molar-refractivity contribution is 5.53. The van der Waals surface area contributed by atoms with Crippen LogP contribution in [0.25, 0.3) is 0 Å². The smallest absolute Gasteiger partial charge is 0.0349 e. The van der Waals surface area contributed by atoms with Crippen LogP contribution in [0.1, 0.15) is 49.1 Å². The van der Waals surface area contributed by atoms with Crippen LogP contribution >= 0.6 is 0 Å². The van der Waals surface area contributed by atoms with Gasteiger partial charge in [-0.25, -0.2) is 0 Å². The van der Waals surface area contributed by atoms with Gasteiger partial charge in [0, 0.05) is 18.3 Å². The highest BCUT2D eigenvalue weighted by Gasteiger charge is 2.23. The molecule has 2 nitrogen and oxygen atoms in total. The summed E-state index contributed by atoms with van der Waals surface area (Å²) in [5, 5.41) is 3.71. The lowest BCUT2D eigenvalue weighted by molar-refractivity contribution is 0.326. The number of rotatable bonds is 3. The van der Waals surface area contributed by atoms with Gasteiger partial charge in [-0.15, -0.1) is 0 Å². The van der Waals surface area contributed by atoms with Crippen molar-refractivity contribution in [2.75, 3.05) is 12.3 Å². The Bertz CT molecular complexity index is 396. The summed E-state index contributed by atoms with van der Waals surface area (Å²) < 4.78 is 0. The molecule has 92 valence electrons. The van der Waals surface area contributed by atoms with Gasteiger partial charge in [-0.05, 0) is 55.2 Å². The summed E-state index contributed by atoms with van der Waals surface area (Å²) in [5.41, 5.74) is 9.99. The molecule has 1 saturated carbocycles. The van der Waals surface area contributed by atoms with Gasteiger partial charge >= 0.3 is 0 Å². The Hall–Kier alpha value is -1.02. The third-order valence-electron chi connectivity index (χ3n) is 4.43. The van der Waals surface area contributed by atoms with E-state index in [4.69, 9.17) is 5.73 Å². The molecule has 0 saturated heterocycles. The van der Waals surface area contributed by atoms with E-state index in [0.29, 0.717) is 5.92 Å². The molecule has 0 spiro atoms. The quantitative estimate of drug-likeness (QED) is 0.784. The molecular formula is C15H22N2. The van der Waals surface area contributed by atoms with Crippen LogP contribution in [0.5, 0.6) is 0 Å². The highest BCUT2D eigenvalue weighted by Crippen LogP contribution is 2.34. The molecule has 2 aliphatic rings. The van der Waals surface area contributed by atoms with Gasteiger partial charge in [0.1, 0.15) is 0 Å². The molecule has 2 heteroatoms. The average Bonchev–Trinajstić information content (AvgIpc) is 2.28. The topological polar surface area (TPSA) is 38.0 Å². The SMILES string of the molecule is Nc1cccc2c1CCCC2CNC1CCC1. The summed E-state index contributed by atoms with van der Waals surface area (Å²) in [6.07, 6.45) is 7.93. The van der Waals surface area contributed by atoms with Crippen LogP contribution in [0, 0.1) is 0 Å². The summed E-state index contributed by atoms with van der Waals surface area (Å²) in [7, 11) is 0. The first-order valence-corrected chi connectivity index (χ1v) is 6.95. The molecule has 3 N–H and O–H groups in total. The van der Waals surface area contributed by atoms with Crippen molar-refractivity contribution >= 4 is 5.69 Å². The van der Waals surface area contributed by atoms with E-state index in [1.54, 1.807) is 0 Å². The molecule has 17 heavy (non-hydrogen) atoms. The molecule has 1 aromatic rings. The van der Waals surface area contributed by atoms with E-state index in [1.807, 2.05) is 6.07 Å². The molecule has 0 aromatic heterocycles. The maximum Gasteiger partial charge on any atom is 0.0349 e. The molecule has 1 unspecified atom stereocenters. The number of benzene rings is 1. The van der Waals surface area contributed by atoms with Crippen molar-refractivity contribution in [1.82, 2.24) is 5.32 Å². The molecule has 3 rings (SSSR count). The third-order valence-corrected chi connectivity index (χ3v) is 4.43. The van der Waals surface area contributed by atoms with Crippen LogP contribution in [0.2, 0.25) is 0 Å². The van der Waals surface area contributed by atoms with Crippen LogP contribution in [-0.4, -0.2) is 12.6 Å². The van der Waals surface area contributed by atoms with Crippen molar-refractivity contribution < 1.29 is 0 Å². The normalized spacial score (nSPS) is 24.1. The monoisotopic (exact) mass is 230 g/mol. The minimum absolute atomic E-state index is 0.683. The van der Waals surface area contributed by atoms with Gasteiger partial charge in [-0.3, -0.25) is 0 Å². The molecular weight excluding hydrogens is 208 g/mol. The lowest BCUT2D eigenvalue weighted by Gasteiger charge is -2.31. The van der Waals surface area contributed by atoms with Gasteiger partial charge in [0.15, 0.2) is 0 Å². The van der Waals surface area contributed by atoms with E-state index in [-0.39, 0.29) is 0 Å². The van der Waals surface area contributed by atoms with Gasteiger partial charge in [0.2, 0.25) is 0 Å². The lowest BCUT2D eigenvalue weighted by Crippen LogP contribution is -2.38. The Labute approximate surface area is 104 Å². The Morgan fingerprint density at radius 3 is 2.82 bits per heavy atom. The largest absolute Gasteiger partial charge is 0.398 e. The van der Waals surface area contributed by atoms with Crippen LogP contribution < -0.4 is 11.1 Å².